The van der Waals surface area contributed by atoms with Crippen LogP contribution >= 0.6 is 27.7 Å². The molecule has 28 heavy (non-hydrogen) atoms. The Kier molecular flexibility index (Phi) is 7.19. The molecule has 0 N–H and O–H groups in total. The van der Waals surface area contributed by atoms with Gasteiger partial charge in [0.1, 0.15) is 6.61 Å². The predicted molar refractivity (Wildman–Crippen MR) is 103 cm³/mol. The van der Waals surface area contributed by atoms with Crippen molar-refractivity contribution in [1.29, 1.82) is 0 Å². The third kappa shape index (κ3) is 6.11. The standard InChI is InChI=1S/C18H17BrF3N3O2S/c19-15-8-7-14(27-15)16-23-24-17(25(16)11-13-5-2-1-3-6-13)28-10-4-9-26-12-18(20,21)22/h1-3,5-8H,4,9-12H2. The SMILES string of the molecule is FC(F)(F)COCCCSc1nnc(-c2ccc(Br)o2)n1Cc1ccccc1. The van der Waals surface area contributed by atoms with Crippen LogP contribution < -0.4 is 0 Å². The van der Waals surface area contributed by atoms with Crippen molar-refractivity contribution in [3.63, 3.8) is 0 Å². The molecule has 0 unspecified atom stereocenters. The van der Waals surface area contributed by atoms with Gasteiger partial charge in [0.15, 0.2) is 15.6 Å². The fraction of sp³-hybridized carbons (Fsp3) is 0.333. The lowest BCUT2D eigenvalue weighted by atomic mass is 10.2. The first-order valence-corrected chi connectivity index (χ1v) is 10.2. The molecule has 2 heterocycles. The van der Waals surface area contributed by atoms with Gasteiger partial charge in [-0.05, 0) is 40.0 Å². The van der Waals surface area contributed by atoms with Crippen LogP contribution in [-0.2, 0) is 11.3 Å². The maximum absolute atomic E-state index is 12.1. The highest BCUT2D eigenvalue weighted by Crippen LogP contribution is 2.28. The van der Waals surface area contributed by atoms with Gasteiger partial charge in [-0.3, -0.25) is 4.57 Å². The Bertz CT molecular complexity index is 884. The minimum absolute atomic E-state index is 0.0390. The molecule has 0 bridgehead atoms. The van der Waals surface area contributed by atoms with E-state index in [1.807, 2.05) is 34.9 Å². The first-order chi connectivity index (χ1) is 13.4. The number of ether oxygens (including phenoxy) is 1. The van der Waals surface area contributed by atoms with Crippen molar-refractivity contribution in [2.24, 2.45) is 0 Å². The number of halogens is 4. The average molecular weight is 476 g/mol. The molecule has 2 aromatic heterocycles. The number of aromatic nitrogens is 3. The van der Waals surface area contributed by atoms with E-state index in [9.17, 15) is 13.2 Å². The van der Waals surface area contributed by atoms with Gasteiger partial charge in [-0.2, -0.15) is 13.2 Å². The van der Waals surface area contributed by atoms with E-state index < -0.39 is 12.8 Å². The van der Waals surface area contributed by atoms with Crippen molar-refractivity contribution in [3.05, 3.63) is 52.7 Å². The second-order valence-corrected chi connectivity index (χ2v) is 7.70. The summed E-state index contributed by atoms with van der Waals surface area (Å²) in [5.41, 5.74) is 1.07. The average Bonchev–Trinajstić information content (AvgIpc) is 3.24. The number of hydrogen-bond donors (Lipinski definition) is 0. The van der Waals surface area contributed by atoms with Crippen molar-refractivity contribution in [1.82, 2.24) is 14.8 Å². The first kappa shape index (κ1) is 20.9. The zero-order chi connectivity index (χ0) is 20.0. The van der Waals surface area contributed by atoms with E-state index in [0.29, 0.717) is 40.1 Å². The molecule has 150 valence electrons. The van der Waals surface area contributed by atoms with Gasteiger partial charge in [0.05, 0.1) is 6.54 Å². The third-order valence-corrected chi connectivity index (χ3v) is 5.10. The van der Waals surface area contributed by atoms with Crippen molar-refractivity contribution in [2.75, 3.05) is 19.0 Å². The van der Waals surface area contributed by atoms with E-state index in [1.54, 1.807) is 12.1 Å². The van der Waals surface area contributed by atoms with E-state index in [-0.39, 0.29) is 6.61 Å². The molecular weight excluding hydrogens is 459 g/mol. The van der Waals surface area contributed by atoms with Gasteiger partial charge in [-0.25, -0.2) is 0 Å². The van der Waals surface area contributed by atoms with Crippen LogP contribution in [0.1, 0.15) is 12.0 Å². The molecule has 0 aliphatic heterocycles. The number of nitrogens with zero attached hydrogens (tertiary/aromatic N) is 3. The summed E-state index contributed by atoms with van der Waals surface area (Å²) in [6.45, 7) is -0.634. The van der Waals surface area contributed by atoms with Gasteiger partial charge in [0.2, 0.25) is 5.82 Å². The molecule has 0 fully saturated rings. The number of hydrogen-bond acceptors (Lipinski definition) is 5. The topological polar surface area (TPSA) is 53.1 Å². The number of furan rings is 1. The molecule has 1 aromatic carbocycles. The molecule has 0 radical (unpaired) electrons. The fourth-order valence-corrected chi connectivity index (χ4v) is 3.59. The number of rotatable bonds is 9. The van der Waals surface area contributed by atoms with Crippen molar-refractivity contribution in [2.45, 2.75) is 24.3 Å². The molecular formula is C18H17BrF3N3O2S. The van der Waals surface area contributed by atoms with E-state index >= 15 is 0 Å². The largest absolute Gasteiger partial charge is 0.446 e. The molecule has 0 saturated carbocycles. The maximum atomic E-state index is 12.1. The van der Waals surface area contributed by atoms with E-state index in [0.717, 1.165) is 5.56 Å². The maximum Gasteiger partial charge on any atom is 0.411 e. The monoisotopic (exact) mass is 475 g/mol. The van der Waals surface area contributed by atoms with Gasteiger partial charge in [-0.1, -0.05) is 42.1 Å². The number of alkyl halides is 3. The lowest BCUT2D eigenvalue weighted by Crippen LogP contribution is -2.17. The third-order valence-electron chi connectivity index (χ3n) is 3.62. The molecule has 0 amide bonds. The molecule has 0 saturated heterocycles. The lowest BCUT2D eigenvalue weighted by molar-refractivity contribution is -0.173. The summed E-state index contributed by atoms with van der Waals surface area (Å²) in [5.74, 6) is 1.73. The summed E-state index contributed by atoms with van der Waals surface area (Å²) in [7, 11) is 0. The summed E-state index contributed by atoms with van der Waals surface area (Å²) in [6.07, 6.45) is -3.82. The molecule has 0 aliphatic carbocycles. The molecule has 3 aromatic rings. The van der Waals surface area contributed by atoms with Crippen molar-refractivity contribution in [3.8, 4) is 11.6 Å². The molecule has 0 aliphatic rings. The Balaban J connectivity index is 1.67. The van der Waals surface area contributed by atoms with Crippen LogP contribution in [0.25, 0.3) is 11.6 Å². The molecule has 10 heteroatoms. The van der Waals surface area contributed by atoms with Crippen LogP contribution in [0, 0.1) is 0 Å². The predicted octanol–water partition coefficient (Wildman–Crippen LogP) is 5.41. The van der Waals surface area contributed by atoms with Crippen LogP contribution in [0.2, 0.25) is 0 Å². The number of thioether (sulfide) groups is 1. The van der Waals surface area contributed by atoms with Gasteiger partial charge < -0.3 is 9.15 Å². The second kappa shape index (κ2) is 9.62. The zero-order valence-corrected chi connectivity index (χ0v) is 17.1. The molecule has 3 rings (SSSR count). The van der Waals surface area contributed by atoms with Crippen LogP contribution in [-0.4, -0.2) is 39.9 Å². The summed E-state index contributed by atoms with van der Waals surface area (Å²) >= 11 is 4.71. The second-order valence-electron chi connectivity index (χ2n) is 5.85. The van der Waals surface area contributed by atoms with Gasteiger partial charge in [-0.15, -0.1) is 10.2 Å². The highest BCUT2D eigenvalue weighted by molar-refractivity contribution is 9.10. The Morgan fingerprint density at radius 3 is 2.57 bits per heavy atom. The van der Waals surface area contributed by atoms with Gasteiger partial charge >= 0.3 is 6.18 Å². The van der Waals surface area contributed by atoms with Crippen molar-refractivity contribution >= 4 is 27.7 Å². The summed E-state index contributed by atoms with van der Waals surface area (Å²) in [6, 6.07) is 13.4. The van der Waals surface area contributed by atoms with Crippen LogP contribution in [0.15, 0.2) is 56.7 Å². The Morgan fingerprint density at radius 1 is 1.11 bits per heavy atom. The van der Waals surface area contributed by atoms with E-state index in [4.69, 9.17) is 4.42 Å². The van der Waals surface area contributed by atoms with Crippen LogP contribution in [0.3, 0.4) is 0 Å². The highest BCUT2D eigenvalue weighted by atomic mass is 79.9. The van der Waals surface area contributed by atoms with Crippen LogP contribution in [0.5, 0.6) is 0 Å². The first-order valence-electron chi connectivity index (χ1n) is 8.42. The number of benzene rings is 1. The molecule has 0 spiro atoms. The molecule has 5 nitrogen and oxygen atoms in total. The smallest absolute Gasteiger partial charge is 0.411 e. The Labute approximate surface area is 172 Å². The minimum Gasteiger partial charge on any atom is -0.446 e. The molecule has 0 atom stereocenters. The summed E-state index contributed by atoms with van der Waals surface area (Å²) in [5, 5.41) is 9.14. The highest BCUT2D eigenvalue weighted by Gasteiger charge is 2.27. The van der Waals surface area contributed by atoms with Gasteiger partial charge in [0, 0.05) is 12.4 Å². The lowest BCUT2D eigenvalue weighted by Gasteiger charge is -2.10. The van der Waals surface area contributed by atoms with E-state index in [2.05, 4.69) is 30.9 Å². The van der Waals surface area contributed by atoms with E-state index in [1.165, 1.54) is 11.8 Å². The summed E-state index contributed by atoms with van der Waals surface area (Å²) < 4.78 is 49.0. The van der Waals surface area contributed by atoms with Crippen LogP contribution in [0.4, 0.5) is 13.2 Å². The summed E-state index contributed by atoms with van der Waals surface area (Å²) in [4.78, 5) is 0. The van der Waals surface area contributed by atoms with Crippen molar-refractivity contribution < 1.29 is 22.3 Å². The Hall–Kier alpha value is -1.78. The normalized spacial score (nSPS) is 11.9. The minimum atomic E-state index is -4.30. The zero-order valence-electron chi connectivity index (χ0n) is 14.7. The quantitative estimate of drug-likeness (QED) is 0.306. The fourth-order valence-electron chi connectivity index (χ4n) is 2.43. The van der Waals surface area contributed by atoms with Gasteiger partial charge in [0.25, 0.3) is 0 Å². The Morgan fingerprint density at radius 2 is 1.89 bits per heavy atom.